The van der Waals surface area contributed by atoms with Gasteiger partial charge in [0.15, 0.2) is 0 Å². The summed E-state index contributed by atoms with van der Waals surface area (Å²) in [5.74, 6) is 0.903. The van der Waals surface area contributed by atoms with Crippen LogP contribution in [0.1, 0.15) is 19.4 Å². The van der Waals surface area contributed by atoms with Crippen LogP contribution in [-0.2, 0) is 0 Å². The SMILES string of the molecule is Cc1ccccc1NC(=O)N1CCN(c2ccccc2OC(C)C)CC1. The first kappa shape index (κ1) is 18.1. The molecule has 0 bridgehead atoms. The first-order valence-electron chi connectivity index (χ1n) is 9.17. The van der Waals surface area contributed by atoms with E-state index in [0.29, 0.717) is 13.1 Å². The maximum Gasteiger partial charge on any atom is 0.321 e. The van der Waals surface area contributed by atoms with Gasteiger partial charge in [-0.15, -0.1) is 0 Å². The molecule has 3 rings (SSSR count). The van der Waals surface area contributed by atoms with Crippen LogP contribution in [0.5, 0.6) is 5.75 Å². The number of carbonyl (C=O) groups is 1. The predicted octanol–water partition coefficient (Wildman–Crippen LogP) is 4.14. The first-order chi connectivity index (χ1) is 12.5. The van der Waals surface area contributed by atoms with Crippen molar-refractivity contribution in [2.45, 2.75) is 26.9 Å². The van der Waals surface area contributed by atoms with Gasteiger partial charge in [-0.3, -0.25) is 0 Å². The van der Waals surface area contributed by atoms with Crippen molar-refractivity contribution in [3.05, 3.63) is 54.1 Å². The molecule has 1 saturated heterocycles. The Labute approximate surface area is 155 Å². The fourth-order valence-electron chi connectivity index (χ4n) is 3.13. The smallest absolute Gasteiger partial charge is 0.321 e. The summed E-state index contributed by atoms with van der Waals surface area (Å²) in [6, 6.07) is 15.9. The van der Waals surface area contributed by atoms with E-state index in [1.54, 1.807) is 0 Å². The van der Waals surface area contributed by atoms with Crippen molar-refractivity contribution in [2.75, 3.05) is 36.4 Å². The zero-order valence-corrected chi connectivity index (χ0v) is 15.7. The minimum Gasteiger partial charge on any atom is -0.489 e. The summed E-state index contributed by atoms with van der Waals surface area (Å²) in [6.45, 7) is 9.02. The molecule has 5 heteroatoms. The van der Waals surface area contributed by atoms with Gasteiger partial charge in [0, 0.05) is 31.9 Å². The van der Waals surface area contributed by atoms with Crippen LogP contribution in [0.15, 0.2) is 48.5 Å². The van der Waals surface area contributed by atoms with Crippen LogP contribution in [0.4, 0.5) is 16.2 Å². The minimum atomic E-state index is -0.0364. The van der Waals surface area contributed by atoms with Crippen molar-refractivity contribution in [3.8, 4) is 5.75 Å². The lowest BCUT2D eigenvalue weighted by Crippen LogP contribution is -2.50. The first-order valence-corrected chi connectivity index (χ1v) is 9.17. The highest BCUT2D eigenvalue weighted by Crippen LogP contribution is 2.29. The zero-order valence-electron chi connectivity index (χ0n) is 15.7. The molecule has 138 valence electrons. The highest BCUT2D eigenvalue weighted by atomic mass is 16.5. The average Bonchev–Trinajstić information content (AvgIpc) is 2.64. The maximum atomic E-state index is 12.5. The van der Waals surface area contributed by atoms with Crippen molar-refractivity contribution in [2.24, 2.45) is 0 Å². The minimum absolute atomic E-state index is 0.0364. The summed E-state index contributed by atoms with van der Waals surface area (Å²) in [4.78, 5) is 16.7. The molecule has 0 unspecified atom stereocenters. The molecule has 0 aliphatic carbocycles. The average molecular weight is 353 g/mol. The van der Waals surface area contributed by atoms with E-state index in [1.807, 2.05) is 68.1 Å². The van der Waals surface area contributed by atoms with Gasteiger partial charge in [0.05, 0.1) is 11.8 Å². The van der Waals surface area contributed by atoms with Gasteiger partial charge in [-0.25, -0.2) is 4.79 Å². The lowest BCUT2D eigenvalue weighted by atomic mass is 10.2. The normalized spacial score (nSPS) is 14.5. The number of amides is 2. The number of benzene rings is 2. The van der Waals surface area contributed by atoms with Gasteiger partial charge in [0.25, 0.3) is 0 Å². The second kappa shape index (κ2) is 8.13. The van der Waals surface area contributed by atoms with E-state index in [1.165, 1.54) is 0 Å². The van der Waals surface area contributed by atoms with Crippen LogP contribution in [0.25, 0.3) is 0 Å². The summed E-state index contributed by atoms with van der Waals surface area (Å²) in [5, 5.41) is 3.02. The Morgan fingerprint density at radius 3 is 2.35 bits per heavy atom. The number of ether oxygens (including phenoxy) is 1. The van der Waals surface area contributed by atoms with Crippen LogP contribution in [0.2, 0.25) is 0 Å². The zero-order chi connectivity index (χ0) is 18.5. The molecule has 1 heterocycles. The molecule has 5 nitrogen and oxygen atoms in total. The number of nitrogens with zero attached hydrogens (tertiary/aromatic N) is 2. The number of piperazine rings is 1. The Morgan fingerprint density at radius 1 is 1.00 bits per heavy atom. The second-order valence-corrected chi connectivity index (χ2v) is 6.85. The third-order valence-corrected chi connectivity index (χ3v) is 4.52. The van der Waals surface area contributed by atoms with E-state index < -0.39 is 0 Å². The summed E-state index contributed by atoms with van der Waals surface area (Å²) in [6.07, 6.45) is 0.136. The molecule has 1 fully saturated rings. The summed E-state index contributed by atoms with van der Waals surface area (Å²) in [7, 11) is 0. The van der Waals surface area contributed by atoms with Crippen LogP contribution >= 0.6 is 0 Å². The van der Waals surface area contributed by atoms with Crippen LogP contribution in [0, 0.1) is 6.92 Å². The molecule has 0 radical (unpaired) electrons. The monoisotopic (exact) mass is 353 g/mol. The number of hydrogen-bond donors (Lipinski definition) is 1. The number of nitrogens with one attached hydrogen (secondary N) is 1. The van der Waals surface area contributed by atoms with Crippen LogP contribution in [0.3, 0.4) is 0 Å². The van der Waals surface area contributed by atoms with Gasteiger partial charge in [-0.1, -0.05) is 30.3 Å². The lowest BCUT2D eigenvalue weighted by Gasteiger charge is -2.36. The Kier molecular flexibility index (Phi) is 5.66. The number of aryl methyl sites for hydroxylation is 1. The Balaban J connectivity index is 1.61. The topological polar surface area (TPSA) is 44.8 Å². The third-order valence-electron chi connectivity index (χ3n) is 4.52. The van der Waals surface area contributed by atoms with Crippen LogP contribution < -0.4 is 15.0 Å². The third kappa shape index (κ3) is 4.28. The summed E-state index contributed by atoms with van der Waals surface area (Å²) >= 11 is 0. The van der Waals surface area contributed by atoms with Crippen molar-refractivity contribution in [3.63, 3.8) is 0 Å². The van der Waals surface area contributed by atoms with E-state index in [0.717, 1.165) is 35.8 Å². The molecule has 26 heavy (non-hydrogen) atoms. The van der Waals surface area contributed by atoms with Crippen LogP contribution in [-0.4, -0.2) is 43.2 Å². The second-order valence-electron chi connectivity index (χ2n) is 6.85. The number of carbonyl (C=O) groups excluding carboxylic acids is 1. The fraction of sp³-hybridized carbons (Fsp3) is 0.381. The molecule has 2 amide bonds. The van der Waals surface area contributed by atoms with Gasteiger partial charge < -0.3 is 19.9 Å². The number of rotatable bonds is 4. The Hall–Kier alpha value is -2.69. The molecule has 0 atom stereocenters. The predicted molar refractivity (Wildman–Crippen MR) is 106 cm³/mol. The summed E-state index contributed by atoms with van der Waals surface area (Å²) in [5.41, 5.74) is 3.04. The molecular formula is C21H27N3O2. The molecule has 0 aromatic heterocycles. The van der Waals surface area contributed by atoms with Gasteiger partial charge >= 0.3 is 6.03 Å². The van der Waals surface area contributed by atoms with Crippen molar-refractivity contribution >= 4 is 17.4 Å². The molecule has 0 spiro atoms. The van der Waals surface area contributed by atoms with E-state index in [4.69, 9.17) is 4.74 Å². The van der Waals surface area contributed by atoms with Gasteiger partial charge in [-0.2, -0.15) is 0 Å². The lowest BCUT2D eigenvalue weighted by molar-refractivity contribution is 0.207. The highest BCUT2D eigenvalue weighted by molar-refractivity contribution is 5.90. The Morgan fingerprint density at radius 2 is 1.65 bits per heavy atom. The quantitative estimate of drug-likeness (QED) is 0.899. The Bertz CT molecular complexity index is 752. The van der Waals surface area contributed by atoms with E-state index >= 15 is 0 Å². The van der Waals surface area contributed by atoms with Crippen molar-refractivity contribution < 1.29 is 9.53 Å². The van der Waals surface area contributed by atoms with E-state index in [9.17, 15) is 4.79 Å². The molecule has 1 aliphatic heterocycles. The standard InChI is InChI=1S/C21H27N3O2/c1-16(2)26-20-11-7-6-10-19(20)23-12-14-24(15-13-23)21(25)22-18-9-5-4-8-17(18)3/h4-11,16H,12-15H2,1-3H3,(H,22,25). The molecule has 2 aromatic rings. The molecule has 0 saturated carbocycles. The molecule has 2 aromatic carbocycles. The van der Waals surface area contributed by atoms with Gasteiger partial charge in [0.1, 0.15) is 5.75 Å². The number of hydrogen-bond acceptors (Lipinski definition) is 3. The number of anilines is 2. The maximum absolute atomic E-state index is 12.5. The fourth-order valence-corrected chi connectivity index (χ4v) is 3.13. The number of urea groups is 1. The highest BCUT2D eigenvalue weighted by Gasteiger charge is 2.23. The van der Waals surface area contributed by atoms with Crippen molar-refractivity contribution in [1.82, 2.24) is 4.90 Å². The van der Waals surface area contributed by atoms with E-state index in [2.05, 4.69) is 16.3 Å². The van der Waals surface area contributed by atoms with Crippen molar-refractivity contribution in [1.29, 1.82) is 0 Å². The summed E-state index contributed by atoms with van der Waals surface area (Å²) < 4.78 is 5.93. The molecule has 1 aliphatic rings. The van der Waals surface area contributed by atoms with Gasteiger partial charge in [0.2, 0.25) is 0 Å². The van der Waals surface area contributed by atoms with Gasteiger partial charge in [-0.05, 0) is 44.5 Å². The largest absolute Gasteiger partial charge is 0.489 e. The van der Waals surface area contributed by atoms with E-state index in [-0.39, 0.29) is 12.1 Å². The number of para-hydroxylation sites is 3. The molecule has 1 N–H and O–H groups in total. The molecular weight excluding hydrogens is 326 g/mol.